The summed E-state index contributed by atoms with van der Waals surface area (Å²) in [6.07, 6.45) is 0.533. The SMILES string of the molecule is CCN(C(=O)[C@@H](C)Sc1nc2ccccc2n1C)[C@@H]1CCS(=O)(=O)C1. The third-order valence-electron chi connectivity index (χ3n) is 4.65. The molecule has 136 valence electrons. The van der Waals surface area contributed by atoms with E-state index in [4.69, 9.17) is 0 Å². The quantitative estimate of drug-likeness (QED) is 0.742. The molecule has 2 heterocycles. The minimum absolute atomic E-state index is 0.0262. The molecule has 1 amide bonds. The monoisotopic (exact) mass is 381 g/mol. The normalized spacial score (nSPS) is 20.7. The van der Waals surface area contributed by atoms with E-state index in [-0.39, 0.29) is 28.7 Å². The largest absolute Gasteiger partial charge is 0.338 e. The zero-order valence-electron chi connectivity index (χ0n) is 14.7. The van der Waals surface area contributed by atoms with Crippen molar-refractivity contribution in [2.75, 3.05) is 18.1 Å². The minimum Gasteiger partial charge on any atom is -0.338 e. The van der Waals surface area contributed by atoms with Crippen LogP contribution in [0.2, 0.25) is 0 Å². The van der Waals surface area contributed by atoms with E-state index in [0.717, 1.165) is 16.2 Å². The van der Waals surface area contributed by atoms with Gasteiger partial charge in [0.2, 0.25) is 5.91 Å². The molecule has 6 nitrogen and oxygen atoms in total. The third-order valence-corrected chi connectivity index (χ3v) is 7.53. The molecule has 2 atom stereocenters. The van der Waals surface area contributed by atoms with Crippen molar-refractivity contribution in [3.05, 3.63) is 24.3 Å². The van der Waals surface area contributed by atoms with Crippen LogP contribution >= 0.6 is 11.8 Å². The molecule has 1 aromatic carbocycles. The highest BCUT2D eigenvalue weighted by molar-refractivity contribution is 8.00. The van der Waals surface area contributed by atoms with Crippen molar-refractivity contribution in [1.29, 1.82) is 0 Å². The average molecular weight is 382 g/mol. The van der Waals surface area contributed by atoms with Crippen LogP contribution in [0.1, 0.15) is 20.3 Å². The van der Waals surface area contributed by atoms with Crippen LogP contribution in [-0.2, 0) is 21.7 Å². The number of aryl methyl sites for hydroxylation is 1. The summed E-state index contributed by atoms with van der Waals surface area (Å²) in [6.45, 7) is 4.28. The van der Waals surface area contributed by atoms with Gasteiger partial charge in [-0.2, -0.15) is 0 Å². The number of benzene rings is 1. The molecule has 25 heavy (non-hydrogen) atoms. The Morgan fingerprint density at radius 2 is 2.16 bits per heavy atom. The van der Waals surface area contributed by atoms with Gasteiger partial charge < -0.3 is 9.47 Å². The number of thioether (sulfide) groups is 1. The molecule has 0 saturated carbocycles. The van der Waals surface area contributed by atoms with Gasteiger partial charge in [0.05, 0.1) is 27.8 Å². The Bertz CT molecular complexity index is 892. The van der Waals surface area contributed by atoms with Gasteiger partial charge in [0, 0.05) is 19.6 Å². The smallest absolute Gasteiger partial charge is 0.236 e. The van der Waals surface area contributed by atoms with Gasteiger partial charge >= 0.3 is 0 Å². The fourth-order valence-electron chi connectivity index (χ4n) is 3.29. The molecule has 1 aliphatic heterocycles. The highest BCUT2D eigenvalue weighted by Crippen LogP contribution is 2.28. The number of para-hydroxylation sites is 2. The predicted molar refractivity (Wildman–Crippen MR) is 100 cm³/mol. The topological polar surface area (TPSA) is 72.3 Å². The summed E-state index contributed by atoms with van der Waals surface area (Å²) >= 11 is 1.42. The maximum Gasteiger partial charge on any atom is 0.236 e. The van der Waals surface area contributed by atoms with Crippen molar-refractivity contribution in [1.82, 2.24) is 14.5 Å². The highest BCUT2D eigenvalue weighted by atomic mass is 32.2. The van der Waals surface area contributed by atoms with Crippen LogP contribution in [0.25, 0.3) is 11.0 Å². The first-order valence-corrected chi connectivity index (χ1v) is 11.1. The number of aromatic nitrogens is 2. The first-order valence-electron chi connectivity index (χ1n) is 8.41. The molecule has 3 rings (SSSR count). The lowest BCUT2D eigenvalue weighted by Gasteiger charge is -2.29. The highest BCUT2D eigenvalue weighted by Gasteiger charge is 2.35. The van der Waals surface area contributed by atoms with Crippen molar-refractivity contribution in [2.45, 2.75) is 36.7 Å². The summed E-state index contributed by atoms with van der Waals surface area (Å²) in [5, 5.41) is 0.468. The summed E-state index contributed by atoms with van der Waals surface area (Å²) < 4.78 is 25.5. The molecule has 8 heteroatoms. The zero-order chi connectivity index (χ0) is 18.2. The number of carbonyl (C=O) groups excluding carboxylic acids is 1. The first-order chi connectivity index (χ1) is 11.8. The Morgan fingerprint density at radius 1 is 1.44 bits per heavy atom. The molecule has 0 radical (unpaired) electrons. The summed E-state index contributed by atoms with van der Waals surface area (Å²) in [5.41, 5.74) is 1.93. The summed E-state index contributed by atoms with van der Waals surface area (Å²) in [7, 11) is -1.07. The Labute approximate surface area is 152 Å². The van der Waals surface area contributed by atoms with Crippen LogP contribution in [0.4, 0.5) is 0 Å². The molecular formula is C17H23N3O3S2. The molecule has 1 saturated heterocycles. The van der Waals surface area contributed by atoms with E-state index >= 15 is 0 Å². The predicted octanol–water partition coefficient (Wildman–Crippen LogP) is 2.09. The average Bonchev–Trinajstić information content (AvgIpc) is 3.08. The van der Waals surface area contributed by atoms with Gasteiger partial charge in [-0.15, -0.1) is 0 Å². The second kappa shape index (κ2) is 6.99. The lowest BCUT2D eigenvalue weighted by atomic mass is 10.2. The molecule has 1 aliphatic rings. The second-order valence-electron chi connectivity index (χ2n) is 6.38. The van der Waals surface area contributed by atoms with Gasteiger partial charge in [-0.05, 0) is 32.4 Å². The van der Waals surface area contributed by atoms with Gasteiger partial charge in [0.1, 0.15) is 0 Å². The van der Waals surface area contributed by atoms with E-state index in [9.17, 15) is 13.2 Å². The fourth-order valence-corrected chi connectivity index (χ4v) is 5.98. The van der Waals surface area contributed by atoms with Gasteiger partial charge in [-0.25, -0.2) is 13.4 Å². The lowest BCUT2D eigenvalue weighted by molar-refractivity contribution is -0.131. The second-order valence-corrected chi connectivity index (χ2v) is 9.92. The first kappa shape index (κ1) is 18.3. The van der Waals surface area contributed by atoms with E-state index in [1.54, 1.807) is 4.90 Å². The number of amides is 1. The maximum atomic E-state index is 12.9. The van der Waals surface area contributed by atoms with Crippen LogP contribution < -0.4 is 0 Å². The molecule has 0 spiro atoms. The van der Waals surface area contributed by atoms with Crippen molar-refractivity contribution >= 4 is 38.5 Å². The van der Waals surface area contributed by atoms with Gasteiger partial charge in [0.15, 0.2) is 15.0 Å². The summed E-state index contributed by atoms with van der Waals surface area (Å²) in [6, 6.07) is 7.66. The molecule has 0 unspecified atom stereocenters. The number of rotatable bonds is 5. The number of hydrogen-bond donors (Lipinski definition) is 0. The fraction of sp³-hybridized carbons (Fsp3) is 0.529. The number of carbonyl (C=O) groups is 1. The van der Waals surface area contributed by atoms with Gasteiger partial charge in [0.25, 0.3) is 0 Å². The van der Waals surface area contributed by atoms with Crippen LogP contribution in [-0.4, -0.2) is 58.1 Å². The van der Waals surface area contributed by atoms with Crippen molar-refractivity contribution in [3.8, 4) is 0 Å². The number of fused-ring (bicyclic) bond motifs is 1. The molecule has 0 N–H and O–H groups in total. The molecule has 0 bridgehead atoms. The van der Waals surface area contributed by atoms with Crippen LogP contribution in [0.15, 0.2) is 29.4 Å². The van der Waals surface area contributed by atoms with E-state index in [1.807, 2.05) is 49.7 Å². The number of imidazole rings is 1. The van der Waals surface area contributed by atoms with Gasteiger partial charge in [-0.1, -0.05) is 23.9 Å². The third kappa shape index (κ3) is 3.69. The van der Waals surface area contributed by atoms with Gasteiger partial charge in [-0.3, -0.25) is 4.79 Å². The van der Waals surface area contributed by atoms with Crippen LogP contribution in [0, 0.1) is 0 Å². The summed E-state index contributed by atoms with van der Waals surface area (Å²) in [4.78, 5) is 19.2. The molecular weight excluding hydrogens is 358 g/mol. The maximum absolute atomic E-state index is 12.9. The molecule has 1 fully saturated rings. The van der Waals surface area contributed by atoms with E-state index in [0.29, 0.717) is 13.0 Å². The van der Waals surface area contributed by atoms with E-state index < -0.39 is 9.84 Å². The molecule has 1 aromatic heterocycles. The minimum atomic E-state index is -3.01. The Hall–Kier alpha value is -1.54. The van der Waals surface area contributed by atoms with E-state index in [2.05, 4.69) is 4.98 Å². The van der Waals surface area contributed by atoms with Crippen molar-refractivity contribution < 1.29 is 13.2 Å². The van der Waals surface area contributed by atoms with Crippen LogP contribution in [0.5, 0.6) is 0 Å². The number of sulfone groups is 1. The van der Waals surface area contributed by atoms with Crippen molar-refractivity contribution in [3.63, 3.8) is 0 Å². The number of nitrogens with zero attached hydrogens (tertiary/aromatic N) is 3. The standard InChI is InChI=1S/C17H23N3O3S2/c1-4-20(13-9-10-25(22,23)11-13)16(21)12(2)24-17-18-14-7-5-6-8-15(14)19(17)3/h5-8,12-13H,4,9-11H2,1-3H3/t12-,13-/m1/s1. The Kier molecular flexibility index (Phi) is 5.11. The lowest BCUT2D eigenvalue weighted by Crippen LogP contribution is -2.44. The molecule has 0 aliphatic carbocycles. The van der Waals surface area contributed by atoms with Crippen LogP contribution in [0.3, 0.4) is 0 Å². The van der Waals surface area contributed by atoms with Crippen molar-refractivity contribution in [2.24, 2.45) is 7.05 Å². The summed E-state index contributed by atoms with van der Waals surface area (Å²) in [5.74, 6) is 0.228. The Morgan fingerprint density at radius 3 is 2.76 bits per heavy atom. The Balaban J connectivity index is 1.76. The zero-order valence-corrected chi connectivity index (χ0v) is 16.3. The van der Waals surface area contributed by atoms with E-state index in [1.165, 1.54) is 11.8 Å². The molecule has 2 aromatic rings. The number of hydrogen-bond acceptors (Lipinski definition) is 5.